The van der Waals surface area contributed by atoms with Crippen molar-refractivity contribution in [3.63, 3.8) is 0 Å². The predicted molar refractivity (Wildman–Crippen MR) is 118 cm³/mol. The van der Waals surface area contributed by atoms with Gasteiger partial charge in [-0.3, -0.25) is 14.7 Å². The number of rotatable bonds is 5. The fourth-order valence-electron chi connectivity index (χ4n) is 2.95. The number of aromatic amines is 1. The van der Waals surface area contributed by atoms with Gasteiger partial charge in [0.2, 0.25) is 0 Å². The van der Waals surface area contributed by atoms with Crippen LogP contribution in [0.4, 0.5) is 5.69 Å². The Bertz CT molecular complexity index is 1220. The molecule has 0 spiro atoms. The summed E-state index contributed by atoms with van der Waals surface area (Å²) in [5.41, 5.74) is 2.85. The lowest BCUT2D eigenvalue weighted by molar-refractivity contribution is 0.102. The molecule has 0 bridgehead atoms. The summed E-state index contributed by atoms with van der Waals surface area (Å²) in [4.78, 5) is 25.7. The molecule has 3 aromatic carbocycles. The van der Waals surface area contributed by atoms with Crippen LogP contribution in [-0.4, -0.2) is 21.9 Å². The Morgan fingerprint density at radius 3 is 2.27 bits per heavy atom. The first kappa shape index (κ1) is 19.9. The van der Waals surface area contributed by atoms with Crippen molar-refractivity contribution in [2.45, 2.75) is 0 Å². The highest BCUT2D eigenvalue weighted by molar-refractivity contribution is 6.31. The van der Waals surface area contributed by atoms with E-state index in [0.717, 1.165) is 5.56 Å². The minimum absolute atomic E-state index is 0.236. The van der Waals surface area contributed by atoms with Gasteiger partial charge in [0, 0.05) is 26.7 Å². The number of anilines is 1. The van der Waals surface area contributed by atoms with E-state index in [1.54, 1.807) is 60.7 Å². The van der Waals surface area contributed by atoms with Gasteiger partial charge in [-0.15, -0.1) is 0 Å². The van der Waals surface area contributed by atoms with Gasteiger partial charge in [0.25, 0.3) is 5.91 Å². The number of carbonyl (C=O) groups excluding carboxylic acids is 2. The maximum Gasteiger partial charge on any atom is 0.273 e. The summed E-state index contributed by atoms with van der Waals surface area (Å²) in [6.07, 6.45) is 0. The molecule has 1 amide bonds. The van der Waals surface area contributed by atoms with Gasteiger partial charge in [0.1, 0.15) is 5.69 Å². The smallest absolute Gasteiger partial charge is 0.273 e. The van der Waals surface area contributed by atoms with E-state index in [-0.39, 0.29) is 11.5 Å². The lowest BCUT2D eigenvalue weighted by atomic mass is 10.0. The molecule has 30 heavy (non-hydrogen) atoms. The molecule has 0 aliphatic heterocycles. The fraction of sp³-hybridized carbons (Fsp3) is 0. The second-order valence-corrected chi connectivity index (χ2v) is 7.39. The topological polar surface area (TPSA) is 74.8 Å². The maximum absolute atomic E-state index is 12.9. The van der Waals surface area contributed by atoms with E-state index in [1.807, 2.05) is 18.2 Å². The monoisotopic (exact) mass is 435 g/mol. The highest BCUT2D eigenvalue weighted by Gasteiger charge is 2.18. The summed E-state index contributed by atoms with van der Waals surface area (Å²) in [5, 5.41) is 10.7. The van der Waals surface area contributed by atoms with Gasteiger partial charge >= 0.3 is 0 Å². The molecule has 0 saturated heterocycles. The molecule has 0 aliphatic carbocycles. The molecule has 4 rings (SSSR count). The van der Waals surface area contributed by atoms with Crippen LogP contribution in [0.15, 0.2) is 78.9 Å². The zero-order valence-electron chi connectivity index (χ0n) is 15.5. The van der Waals surface area contributed by atoms with Crippen LogP contribution in [0.1, 0.15) is 26.4 Å². The van der Waals surface area contributed by atoms with Gasteiger partial charge < -0.3 is 5.32 Å². The molecule has 4 aromatic rings. The van der Waals surface area contributed by atoms with E-state index in [2.05, 4.69) is 15.5 Å². The second-order valence-electron chi connectivity index (χ2n) is 6.51. The van der Waals surface area contributed by atoms with Crippen LogP contribution in [0, 0.1) is 0 Å². The number of aromatic nitrogens is 2. The van der Waals surface area contributed by atoms with Crippen molar-refractivity contribution < 1.29 is 9.59 Å². The molecule has 0 unspecified atom stereocenters. The summed E-state index contributed by atoms with van der Waals surface area (Å²) in [6, 6.07) is 22.3. The molecule has 0 atom stereocenters. The molecular formula is C23H15Cl2N3O2. The van der Waals surface area contributed by atoms with E-state index in [0.29, 0.717) is 32.6 Å². The zero-order chi connectivity index (χ0) is 21.1. The average molecular weight is 436 g/mol. The highest BCUT2D eigenvalue weighted by Crippen LogP contribution is 2.25. The molecular weight excluding hydrogens is 421 g/mol. The lowest BCUT2D eigenvalue weighted by Gasteiger charge is -2.10. The number of benzene rings is 3. The van der Waals surface area contributed by atoms with E-state index in [1.165, 1.54) is 0 Å². The number of halogens is 2. The molecule has 7 heteroatoms. The first-order chi connectivity index (χ1) is 14.5. The number of ketones is 1. The quantitative estimate of drug-likeness (QED) is 0.385. The minimum Gasteiger partial charge on any atom is -0.320 e. The third-order valence-corrected chi connectivity index (χ3v) is 4.96. The third-order valence-electron chi connectivity index (χ3n) is 4.47. The Kier molecular flexibility index (Phi) is 5.65. The van der Waals surface area contributed by atoms with Crippen molar-refractivity contribution in [2.24, 2.45) is 0 Å². The summed E-state index contributed by atoms with van der Waals surface area (Å²) in [7, 11) is 0. The van der Waals surface area contributed by atoms with Crippen molar-refractivity contribution in [2.75, 3.05) is 5.32 Å². The summed E-state index contributed by atoms with van der Waals surface area (Å²) in [6.45, 7) is 0. The Hall–Kier alpha value is -3.41. The molecule has 148 valence electrons. The first-order valence-corrected chi connectivity index (χ1v) is 9.79. The molecule has 0 radical (unpaired) electrons. The van der Waals surface area contributed by atoms with Crippen LogP contribution in [0.2, 0.25) is 10.0 Å². The third kappa shape index (κ3) is 4.27. The van der Waals surface area contributed by atoms with Gasteiger partial charge in [0.05, 0.1) is 11.4 Å². The normalized spacial score (nSPS) is 10.6. The molecule has 0 fully saturated rings. The van der Waals surface area contributed by atoms with E-state index < -0.39 is 5.91 Å². The SMILES string of the molecule is O=C(Nc1ccc(Cl)cc1C(=O)c1ccccc1)c1cc(-c2ccc(Cl)cc2)n[nH]1. The Morgan fingerprint density at radius 2 is 1.53 bits per heavy atom. The Balaban J connectivity index is 1.60. The number of hydrogen-bond acceptors (Lipinski definition) is 3. The number of H-pyrrole nitrogens is 1. The molecule has 1 heterocycles. The van der Waals surface area contributed by atoms with Crippen molar-refractivity contribution in [1.82, 2.24) is 10.2 Å². The number of amides is 1. The van der Waals surface area contributed by atoms with Gasteiger partial charge in [0.15, 0.2) is 5.78 Å². The summed E-state index contributed by atoms with van der Waals surface area (Å²) < 4.78 is 0. The van der Waals surface area contributed by atoms with Gasteiger partial charge in [-0.2, -0.15) is 5.10 Å². The highest BCUT2D eigenvalue weighted by atomic mass is 35.5. The Morgan fingerprint density at radius 1 is 0.833 bits per heavy atom. The largest absolute Gasteiger partial charge is 0.320 e. The van der Waals surface area contributed by atoms with Gasteiger partial charge in [-0.05, 0) is 36.4 Å². The molecule has 2 N–H and O–H groups in total. The standard InChI is InChI=1S/C23H15Cl2N3O2/c24-16-8-6-14(7-9-16)20-13-21(28-27-20)23(30)26-19-11-10-17(25)12-18(19)22(29)15-4-2-1-3-5-15/h1-13H,(H,26,30)(H,27,28). The second kappa shape index (κ2) is 8.53. The van der Waals surface area contributed by atoms with Crippen LogP contribution in [0.5, 0.6) is 0 Å². The first-order valence-electron chi connectivity index (χ1n) is 9.03. The number of nitrogens with one attached hydrogen (secondary N) is 2. The average Bonchev–Trinajstić information content (AvgIpc) is 3.26. The molecule has 0 saturated carbocycles. The Labute approximate surface area is 182 Å². The number of carbonyl (C=O) groups is 2. The van der Waals surface area contributed by atoms with Crippen molar-refractivity contribution in [3.05, 3.63) is 106 Å². The maximum atomic E-state index is 12.9. The predicted octanol–water partition coefficient (Wildman–Crippen LogP) is 5.87. The number of nitrogens with zero attached hydrogens (tertiary/aromatic N) is 1. The van der Waals surface area contributed by atoms with Crippen molar-refractivity contribution >= 4 is 40.6 Å². The van der Waals surface area contributed by atoms with Crippen LogP contribution in [0.25, 0.3) is 11.3 Å². The van der Waals surface area contributed by atoms with Gasteiger partial charge in [-0.25, -0.2) is 0 Å². The van der Waals surface area contributed by atoms with Crippen LogP contribution >= 0.6 is 23.2 Å². The summed E-state index contributed by atoms with van der Waals surface area (Å²) >= 11 is 12.0. The van der Waals surface area contributed by atoms with E-state index >= 15 is 0 Å². The van der Waals surface area contributed by atoms with Crippen LogP contribution in [-0.2, 0) is 0 Å². The van der Waals surface area contributed by atoms with Crippen LogP contribution < -0.4 is 5.32 Å². The van der Waals surface area contributed by atoms with E-state index in [9.17, 15) is 9.59 Å². The summed E-state index contributed by atoms with van der Waals surface area (Å²) in [5.74, 6) is -0.660. The minimum atomic E-state index is -0.424. The van der Waals surface area contributed by atoms with Crippen molar-refractivity contribution in [1.29, 1.82) is 0 Å². The van der Waals surface area contributed by atoms with Crippen LogP contribution in [0.3, 0.4) is 0 Å². The fourth-order valence-corrected chi connectivity index (χ4v) is 3.25. The lowest BCUT2D eigenvalue weighted by Crippen LogP contribution is -2.15. The zero-order valence-corrected chi connectivity index (χ0v) is 17.0. The number of hydrogen-bond donors (Lipinski definition) is 2. The van der Waals surface area contributed by atoms with Crippen molar-refractivity contribution in [3.8, 4) is 11.3 Å². The molecule has 0 aliphatic rings. The van der Waals surface area contributed by atoms with E-state index in [4.69, 9.17) is 23.2 Å². The molecule has 5 nitrogen and oxygen atoms in total. The molecule has 1 aromatic heterocycles. The van der Waals surface area contributed by atoms with Gasteiger partial charge in [-0.1, -0.05) is 65.7 Å².